The molecule has 7 nitrogen and oxygen atoms in total. The summed E-state index contributed by atoms with van der Waals surface area (Å²) in [5.41, 5.74) is 5.78. The molecule has 0 saturated carbocycles. The highest BCUT2D eigenvalue weighted by molar-refractivity contribution is 7.89. The van der Waals surface area contributed by atoms with Gasteiger partial charge in [0.15, 0.2) is 0 Å². The second-order valence-electron chi connectivity index (χ2n) is 4.32. The minimum atomic E-state index is -3.91. The fraction of sp³-hybridized carbons (Fsp3) is 0.417. The van der Waals surface area contributed by atoms with E-state index in [1.54, 1.807) is 0 Å². The number of carbonyl (C=O) groups is 1. The Morgan fingerprint density at radius 3 is 2.75 bits per heavy atom. The van der Waals surface area contributed by atoms with Crippen LogP contribution in [0, 0.1) is 0 Å². The van der Waals surface area contributed by atoms with Crippen molar-refractivity contribution in [3.8, 4) is 0 Å². The van der Waals surface area contributed by atoms with E-state index in [9.17, 15) is 13.2 Å². The van der Waals surface area contributed by atoms with Crippen molar-refractivity contribution in [2.75, 3.05) is 26.0 Å². The molecule has 1 saturated heterocycles. The number of esters is 1. The van der Waals surface area contributed by atoms with Crippen LogP contribution in [0.3, 0.4) is 0 Å². The lowest BCUT2D eigenvalue weighted by Gasteiger charge is -2.25. The molecule has 1 aliphatic heterocycles. The summed E-state index contributed by atoms with van der Waals surface area (Å²) in [6.07, 6.45) is 1.51. The number of carbonyl (C=O) groups excluding carboxylic acids is 1. The van der Waals surface area contributed by atoms with E-state index in [1.807, 2.05) is 0 Å². The van der Waals surface area contributed by atoms with E-state index in [4.69, 9.17) is 10.6 Å². The van der Waals surface area contributed by atoms with Crippen LogP contribution in [-0.4, -0.2) is 39.1 Å². The topological polar surface area (TPSA) is 98.9 Å². The number of ether oxygens (including phenoxy) is 1. The van der Waals surface area contributed by atoms with Crippen LogP contribution >= 0.6 is 0 Å². The number of sulfonamides is 1. The van der Waals surface area contributed by atoms with Crippen molar-refractivity contribution < 1.29 is 22.8 Å². The summed E-state index contributed by atoms with van der Waals surface area (Å²) in [4.78, 5) is 16.7. The number of rotatable bonds is 3. The van der Waals surface area contributed by atoms with Gasteiger partial charge < -0.3 is 10.5 Å². The van der Waals surface area contributed by atoms with Gasteiger partial charge in [0.25, 0.3) is 10.0 Å². The zero-order chi connectivity index (χ0) is 14.8. The lowest BCUT2D eigenvalue weighted by molar-refractivity contribution is -0.108. The Morgan fingerprint density at radius 1 is 1.40 bits per heavy atom. The minimum absolute atomic E-state index is 0.0957. The highest BCUT2D eigenvalue weighted by atomic mass is 32.2. The monoisotopic (exact) mass is 300 g/mol. The van der Waals surface area contributed by atoms with Crippen LogP contribution < -0.4 is 5.73 Å². The van der Waals surface area contributed by atoms with E-state index in [1.165, 1.54) is 25.3 Å². The van der Waals surface area contributed by atoms with E-state index in [2.05, 4.69) is 4.74 Å². The molecule has 20 heavy (non-hydrogen) atoms. The van der Waals surface area contributed by atoms with Crippen LogP contribution in [0.5, 0.6) is 0 Å². The molecular formula is C12H16N2O5S. The van der Waals surface area contributed by atoms with Crippen LogP contribution in [0.2, 0.25) is 0 Å². The van der Waals surface area contributed by atoms with Gasteiger partial charge in [0.2, 0.25) is 0 Å². The first-order chi connectivity index (χ1) is 9.46. The first-order valence-corrected chi connectivity index (χ1v) is 7.54. The molecule has 0 aliphatic carbocycles. The minimum Gasteiger partial charge on any atom is -0.465 e. The summed E-state index contributed by atoms with van der Waals surface area (Å²) in [6, 6.07) is 3.99. The number of anilines is 1. The SMILES string of the molecule is COC(=O)c1cc(N)ccc1S(=O)(=O)N1CCCCO1. The van der Waals surface area contributed by atoms with E-state index < -0.39 is 16.0 Å². The first-order valence-electron chi connectivity index (χ1n) is 6.10. The van der Waals surface area contributed by atoms with Crippen molar-refractivity contribution in [1.82, 2.24) is 4.47 Å². The number of hydrogen-bond donors (Lipinski definition) is 1. The number of nitrogens with two attached hydrogens (primary N) is 1. The summed E-state index contributed by atoms with van der Waals surface area (Å²) in [5.74, 6) is -0.757. The predicted molar refractivity (Wildman–Crippen MR) is 71.3 cm³/mol. The average molecular weight is 300 g/mol. The Kier molecular flexibility index (Phi) is 4.26. The Morgan fingerprint density at radius 2 is 2.15 bits per heavy atom. The molecule has 110 valence electrons. The molecule has 0 amide bonds. The Bertz CT molecular complexity index is 608. The van der Waals surface area contributed by atoms with Gasteiger partial charge in [-0.2, -0.15) is 0 Å². The Hall–Kier alpha value is -1.64. The van der Waals surface area contributed by atoms with Gasteiger partial charge in [-0.25, -0.2) is 13.2 Å². The van der Waals surface area contributed by atoms with Crippen LogP contribution in [0.15, 0.2) is 23.1 Å². The summed E-state index contributed by atoms with van der Waals surface area (Å²) >= 11 is 0. The fourth-order valence-corrected chi connectivity index (χ4v) is 3.38. The molecule has 8 heteroatoms. The molecule has 1 heterocycles. The maximum atomic E-state index is 12.5. The summed E-state index contributed by atoms with van der Waals surface area (Å²) in [7, 11) is -2.73. The van der Waals surface area contributed by atoms with Gasteiger partial charge in [0.1, 0.15) is 0 Å². The molecule has 0 unspecified atom stereocenters. The van der Waals surface area contributed by atoms with Gasteiger partial charge in [-0.1, -0.05) is 4.47 Å². The molecule has 2 rings (SSSR count). The van der Waals surface area contributed by atoms with Gasteiger partial charge in [-0.15, -0.1) is 0 Å². The van der Waals surface area contributed by atoms with Crippen molar-refractivity contribution in [1.29, 1.82) is 0 Å². The molecule has 1 aromatic carbocycles. The van der Waals surface area contributed by atoms with E-state index in [0.717, 1.165) is 10.9 Å². The molecule has 0 aromatic heterocycles. The third kappa shape index (κ3) is 2.77. The number of hydroxylamine groups is 1. The van der Waals surface area contributed by atoms with Crippen LogP contribution in [0.4, 0.5) is 5.69 Å². The zero-order valence-corrected chi connectivity index (χ0v) is 11.9. The second kappa shape index (κ2) is 5.78. The lowest BCUT2D eigenvalue weighted by Crippen LogP contribution is -2.36. The van der Waals surface area contributed by atoms with Gasteiger partial charge in [0, 0.05) is 12.2 Å². The van der Waals surface area contributed by atoms with E-state index in [0.29, 0.717) is 13.0 Å². The zero-order valence-electron chi connectivity index (χ0n) is 11.0. The summed E-state index contributed by atoms with van der Waals surface area (Å²) < 4.78 is 30.5. The molecule has 0 atom stereocenters. The van der Waals surface area contributed by atoms with Gasteiger partial charge in [0.05, 0.1) is 24.2 Å². The number of methoxy groups -OCH3 is 1. The number of nitrogens with zero attached hydrogens (tertiary/aromatic N) is 1. The predicted octanol–water partition coefficient (Wildman–Crippen LogP) is 0.771. The molecule has 0 bridgehead atoms. The number of benzene rings is 1. The molecule has 0 spiro atoms. The van der Waals surface area contributed by atoms with Crippen molar-refractivity contribution in [3.63, 3.8) is 0 Å². The maximum Gasteiger partial charge on any atom is 0.339 e. The fourth-order valence-electron chi connectivity index (χ4n) is 1.92. The molecule has 1 fully saturated rings. The third-order valence-corrected chi connectivity index (χ3v) is 4.66. The number of nitrogen functional groups attached to an aromatic ring is 1. The third-order valence-electron chi connectivity index (χ3n) is 2.93. The average Bonchev–Trinajstić information content (AvgIpc) is 2.47. The molecular weight excluding hydrogens is 284 g/mol. The van der Waals surface area contributed by atoms with E-state index >= 15 is 0 Å². The van der Waals surface area contributed by atoms with Crippen molar-refractivity contribution >= 4 is 21.7 Å². The highest BCUT2D eigenvalue weighted by Gasteiger charge is 2.31. The molecule has 0 radical (unpaired) electrons. The lowest BCUT2D eigenvalue weighted by atomic mass is 10.2. The summed E-state index contributed by atoms with van der Waals surface area (Å²) in [5, 5.41) is 0. The van der Waals surface area contributed by atoms with Crippen LogP contribution in [-0.2, 0) is 19.6 Å². The Balaban J connectivity index is 2.48. The normalized spacial score (nSPS) is 16.9. The standard InChI is InChI=1S/C12H16N2O5S/c1-18-12(15)10-8-9(13)4-5-11(10)20(16,17)14-6-2-3-7-19-14/h4-5,8H,2-3,6-7,13H2,1H3. The van der Waals surface area contributed by atoms with Crippen LogP contribution in [0.25, 0.3) is 0 Å². The van der Waals surface area contributed by atoms with Crippen molar-refractivity contribution in [3.05, 3.63) is 23.8 Å². The Labute approximate surface area is 117 Å². The quantitative estimate of drug-likeness (QED) is 0.654. The highest BCUT2D eigenvalue weighted by Crippen LogP contribution is 2.25. The van der Waals surface area contributed by atoms with Gasteiger partial charge >= 0.3 is 5.97 Å². The van der Waals surface area contributed by atoms with Gasteiger partial charge in [-0.05, 0) is 31.0 Å². The molecule has 2 N–H and O–H groups in total. The summed E-state index contributed by atoms with van der Waals surface area (Å²) in [6.45, 7) is 0.592. The van der Waals surface area contributed by atoms with Crippen molar-refractivity contribution in [2.24, 2.45) is 0 Å². The van der Waals surface area contributed by atoms with Gasteiger partial charge in [-0.3, -0.25) is 4.84 Å². The largest absolute Gasteiger partial charge is 0.465 e. The van der Waals surface area contributed by atoms with Crippen molar-refractivity contribution in [2.45, 2.75) is 17.7 Å². The molecule has 1 aliphatic rings. The second-order valence-corrected chi connectivity index (χ2v) is 6.12. The maximum absolute atomic E-state index is 12.5. The number of hydrogen-bond acceptors (Lipinski definition) is 6. The van der Waals surface area contributed by atoms with Crippen LogP contribution in [0.1, 0.15) is 23.2 Å². The molecule has 1 aromatic rings. The smallest absolute Gasteiger partial charge is 0.339 e. The first kappa shape index (κ1) is 14.8. The van der Waals surface area contributed by atoms with E-state index in [-0.39, 0.29) is 22.7 Å².